The molecule has 29 heavy (non-hydrogen) atoms. The summed E-state index contributed by atoms with van der Waals surface area (Å²) in [6, 6.07) is 15.3. The second-order valence-electron chi connectivity index (χ2n) is 7.31. The average Bonchev–Trinajstić information content (AvgIpc) is 2.74. The van der Waals surface area contributed by atoms with Crippen molar-refractivity contribution in [2.45, 2.75) is 58.5 Å². The van der Waals surface area contributed by atoms with Crippen molar-refractivity contribution in [3.8, 4) is 0 Å². The summed E-state index contributed by atoms with van der Waals surface area (Å²) in [5.41, 5.74) is 1.88. The van der Waals surface area contributed by atoms with Crippen LogP contribution in [0, 0.1) is 5.82 Å². The molecule has 156 valence electrons. The van der Waals surface area contributed by atoms with E-state index >= 15 is 0 Å². The molecule has 4 nitrogen and oxygen atoms in total. The zero-order chi connectivity index (χ0) is 21.1. The summed E-state index contributed by atoms with van der Waals surface area (Å²) in [4.78, 5) is 27.2. The standard InChI is InChI=1S/C24H31FN2O2/c1-3-4-8-17-26-24(29)19(2)27(18-21-11-14-22(25)15-12-21)23(28)16-13-20-9-6-5-7-10-20/h5-7,9-12,14-15,19H,3-4,8,13,16-18H2,1-2H3,(H,26,29)/t19-/m1/s1. The first kappa shape index (κ1) is 22.6. The molecule has 0 bridgehead atoms. The topological polar surface area (TPSA) is 49.4 Å². The second kappa shape index (κ2) is 12.0. The van der Waals surface area contributed by atoms with Crippen molar-refractivity contribution in [1.29, 1.82) is 0 Å². The molecule has 2 aromatic rings. The van der Waals surface area contributed by atoms with E-state index in [4.69, 9.17) is 0 Å². The van der Waals surface area contributed by atoms with Gasteiger partial charge < -0.3 is 10.2 Å². The lowest BCUT2D eigenvalue weighted by Crippen LogP contribution is -2.47. The van der Waals surface area contributed by atoms with Crippen LogP contribution >= 0.6 is 0 Å². The molecule has 2 aromatic carbocycles. The molecule has 0 fully saturated rings. The Bertz CT molecular complexity index is 762. The third-order valence-electron chi connectivity index (χ3n) is 4.98. The fourth-order valence-electron chi connectivity index (χ4n) is 3.14. The quantitative estimate of drug-likeness (QED) is 0.567. The van der Waals surface area contributed by atoms with Crippen LogP contribution < -0.4 is 5.32 Å². The molecule has 0 aliphatic carbocycles. The number of amides is 2. The van der Waals surface area contributed by atoms with E-state index in [-0.39, 0.29) is 24.2 Å². The van der Waals surface area contributed by atoms with Crippen LogP contribution in [0.1, 0.15) is 50.7 Å². The summed E-state index contributed by atoms with van der Waals surface area (Å²) < 4.78 is 13.2. The predicted octanol–water partition coefficient (Wildman–Crippen LogP) is 4.48. The molecule has 1 N–H and O–H groups in total. The lowest BCUT2D eigenvalue weighted by atomic mass is 10.1. The molecule has 1 atom stereocenters. The number of rotatable bonds is 11. The largest absolute Gasteiger partial charge is 0.354 e. The highest BCUT2D eigenvalue weighted by atomic mass is 19.1. The minimum absolute atomic E-state index is 0.0885. The molecule has 5 heteroatoms. The summed E-state index contributed by atoms with van der Waals surface area (Å²) in [5.74, 6) is -0.567. The summed E-state index contributed by atoms with van der Waals surface area (Å²) in [6.07, 6.45) is 4.00. The molecule has 0 aliphatic rings. The first-order chi connectivity index (χ1) is 14.0. The van der Waals surface area contributed by atoms with Gasteiger partial charge >= 0.3 is 0 Å². The van der Waals surface area contributed by atoms with Gasteiger partial charge in [-0.15, -0.1) is 0 Å². The zero-order valence-corrected chi connectivity index (χ0v) is 17.4. The summed E-state index contributed by atoms with van der Waals surface area (Å²) in [5, 5.41) is 2.93. The van der Waals surface area contributed by atoms with Crippen LogP contribution in [-0.4, -0.2) is 29.3 Å². The van der Waals surface area contributed by atoms with Crippen LogP contribution in [0.25, 0.3) is 0 Å². The van der Waals surface area contributed by atoms with Crippen LogP contribution in [0.5, 0.6) is 0 Å². The lowest BCUT2D eigenvalue weighted by molar-refractivity contribution is -0.140. The molecule has 0 spiro atoms. The normalized spacial score (nSPS) is 11.7. The van der Waals surface area contributed by atoms with Crippen LogP contribution in [0.4, 0.5) is 4.39 Å². The number of carbonyl (C=O) groups is 2. The van der Waals surface area contributed by atoms with E-state index in [1.807, 2.05) is 30.3 Å². The SMILES string of the molecule is CCCCCNC(=O)[C@@H](C)N(Cc1ccc(F)cc1)C(=O)CCc1ccccc1. The molecule has 0 radical (unpaired) electrons. The van der Waals surface area contributed by atoms with Crippen LogP contribution in [0.2, 0.25) is 0 Å². The molecule has 0 saturated carbocycles. The number of nitrogens with one attached hydrogen (secondary N) is 1. The average molecular weight is 399 g/mol. The van der Waals surface area contributed by atoms with Gasteiger partial charge in [-0.1, -0.05) is 62.2 Å². The van der Waals surface area contributed by atoms with Crippen molar-refractivity contribution in [1.82, 2.24) is 10.2 Å². The van der Waals surface area contributed by atoms with E-state index in [0.29, 0.717) is 19.4 Å². The fourth-order valence-corrected chi connectivity index (χ4v) is 3.14. The molecular weight excluding hydrogens is 367 g/mol. The number of halogens is 1. The van der Waals surface area contributed by atoms with Gasteiger partial charge in [0.1, 0.15) is 11.9 Å². The van der Waals surface area contributed by atoms with Crippen molar-refractivity contribution < 1.29 is 14.0 Å². The van der Waals surface area contributed by atoms with Gasteiger partial charge in [0.05, 0.1) is 0 Å². The van der Waals surface area contributed by atoms with Crippen molar-refractivity contribution in [2.24, 2.45) is 0 Å². The molecule has 0 saturated heterocycles. The zero-order valence-electron chi connectivity index (χ0n) is 17.4. The van der Waals surface area contributed by atoms with Gasteiger partial charge in [0.2, 0.25) is 11.8 Å². The first-order valence-electron chi connectivity index (χ1n) is 10.4. The van der Waals surface area contributed by atoms with E-state index < -0.39 is 6.04 Å². The van der Waals surface area contributed by atoms with Gasteiger partial charge in [-0.2, -0.15) is 0 Å². The van der Waals surface area contributed by atoms with Crippen molar-refractivity contribution in [2.75, 3.05) is 6.54 Å². The number of benzene rings is 2. The third-order valence-corrected chi connectivity index (χ3v) is 4.98. The lowest BCUT2D eigenvalue weighted by Gasteiger charge is -2.29. The Balaban J connectivity index is 2.05. The Morgan fingerprint density at radius 2 is 1.69 bits per heavy atom. The minimum atomic E-state index is -0.593. The van der Waals surface area contributed by atoms with Crippen molar-refractivity contribution in [3.05, 3.63) is 71.5 Å². The highest BCUT2D eigenvalue weighted by Gasteiger charge is 2.25. The van der Waals surface area contributed by atoms with E-state index in [0.717, 1.165) is 30.4 Å². The molecule has 0 aliphatic heterocycles. The van der Waals surface area contributed by atoms with Gasteiger partial charge in [-0.05, 0) is 43.0 Å². The number of aryl methyl sites for hydroxylation is 1. The molecule has 2 rings (SSSR count). The molecule has 2 amide bonds. The highest BCUT2D eigenvalue weighted by molar-refractivity contribution is 5.87. The van der Waals surface area contributed by atoms with Gasteiger partial charge in [-0.3, -0.25) is 9.59 Å². The van der Waals surface area contributed by atoms with E-state index in [9.17, 15) is 14.0 Å². The monoisotopic (exact) mass is 398 g/mol. The van der Waals surface area contributed by atoms with Crippen LogP contribution in [0.15, 0.2) is 54.6 Å². The third kappa shape index (κ3) is 7.68. The van der Waals surface area contributed by atoms with Crippen molar-refractivity contribution >= 4 is 11.8 Å². The summed E-state index contributed by atoms with van der Waals surface area (Å²) in [7, 11) is 0. The highest BCUT2D eigenvalue weighted by Crippen LogP contribution is 2.14. The van der Waals surface area contributed by atoms with E-state index in [1.165, 1.54) is 12.1 Å². The Morgan fingerprint density at radius 3 is 2.34 bits per heavy atom. The number of hydrogen-bond donors (Lipinski definition) is 1. The van der Waals surface area contributed by atoms with Crippen LogP contribution in [-0.2, 0) is 22.6 Å². The maximum absolute atomic E-state index is 13.2. The van der Waals surface area contributed by atoms with E-state index in [2.05, 4.69) is 12.2 Å². The maximum Gasteiger partial charge on any atom is 0.242 e. The van der Waals surface area contributed by atoms with Crippen LogP contribution in [0.3, 0.4) is 0 Å². The van der Waals surface area contributed by atoms with Gasteiger partial charge in [0.15, 0.2) is 0 Å². The Kier molecular flexibility index (Phi) is 9.35. The van der Waals surface area contributed by atoms with Gasteiger partial charge in [-0.25, -0.2) is 4.39 Å². The molecule has 0 unspecified atom stereocenters. The Hall–Kier alpha value is -2.69. The number of unbranched alkanes of at least 4 members (excludes halogenated alkanes) is 2. The van der Waals surface area contributed by atoms with Gasteiger partial charge in [0, 0.05) is 19.5 Å². The van der Waals surface area contributed by atoms with Gasteiger partial charge in [0.25, 0.3) is 0 Å². The number of hydrogen-bond acceptors (Lipinski definition) is 2. The van der Waals surface area contributed by atoms with Crippen molar-refractivity contribution in [3.63, 3.8) is 0 Å². The Morgan fingerprint density at radius 1 is 1.00 bits per heavy atom. The minimum Gasteiger partial charge on any atom is -0.354 e. The Labute approximate surface area is 173 Å². The smallest absolute Gasteiger partial charge is 0.242 e. The number of nitrogens with zero attached hydrogens (tertiary/aromatic N) is 1. The first-order valence-corrected chi connectivity index (χ1v) is 10.4. The second-order valence-corrected chi connectivity index (χ2v) is 7.31. The summed E-state index contributed by atoms with van der Waals surface area (Å²) in [6.45, 7) is 4.75. The molecule has 0 aromatic heterocycles. The molecule has 0 heterocycles. The number of carbonyl (C=O) groups excluding carboxylic acids is 2. The van der Waals surface area contributed by atoms with E-state index in [1.54, 1.807) is 24.0 Å². The predicted molar refractivity (Wildman–Crippen MR) is 114 cm³/mol. The maximum atomic E-state index is 13.2. The summed E-state index contributed by atoms with van der Waals surface area (Å²) >= 11 is 0. The fraction of sp³-hybridized carbons (Fsp3) is 0.417. The molecular formula is C24H31FN2O2.